The molecule has 4 heteroatoms. The molecule has 1 aromatic rings. The molecule has 1 atom stereocenters. The van der Waals surface area contributed by atoms with Gasteiger partial charge in [-0.15, -0.1) is 0 Å². The third-order valence-electron chi connectivity index (χ3n) is 3.28. The highest BCUT2D eigenvalue weighted by molar-refractivity contribution is 5.48. The van der Waals surface area contributed by atoms with Gasteiger partial charge in [-0.3, -0.25) is 0 Å². The van der Waals surface area contributed by atoms with Gasteiger partial charge >= 0.3 is 0 Å². The predicted octanol–water partition coefficient (Wildman–Crippen LogP) is 2.25. The van der Waals surface area contributed by atoms with Crippen LogP contribution in [0.15, 0.2) is 12.1 Å². The van der Waals surface area contributed by atoms with Crippen LogP contribution in [0.2, 0.25) is 0 Å². The van der Waals surface area contributed by atoms with Crippen LogP contribution in [-0.2, 0) is 6.67 Å². The molecule has 0 saturated carbocycles. The predicted molar refractivity (Wildman–Crippen MR) is 64.6 cm³/mol. The first-order valence-electron chi connectivity index (χ1n) is 5.81. The summed E-state index contributed by atoms with van der Waals surface area (Å²) in [5.74, 6) is 1.79. The van der Waals surface area contributed by atoms with Crippen LogP contribution in [0, 0.1) is 0 Å². The van der Waals surface area contributed by atoms with Crippen molar-refractivity contribution in [3.63, 3.8) is 0 Å². The Kier molecular flexibility index (Phi) is 3.84. The molecule has 1 saturated heterocycles. The zero-order chi connectivity index (χ0) is 12.3. The fraction of sp³-hybridized carbons (Fsp3) is 0.538. The second-order valence-electron chi connectivity index (χ2n) is 4.23. The summed E-state index contributed by atoms with van der Waals surface area (Å²) in [6.07, 6.45) is 1.08. The normalized spacial score (nSPS) is 19.4. The van der Waals surface area contributed by atoms with E-state index in [1.54, 1.807) is 20.3 Å². The molecule has 1 N–H and O–H groups in total. The van der Waals surface area contributed by atoms with Crippen molar-refractivity contribution in [2.45, 2.75) is 19.0 Å². The number of methoxy groups -OCH3 is 2. The lowest BCUT2D eigenvalue weighted by Crippen LogP contribution is -2.09. The summed E-state index contributed by atoms with van der Waals surface area (Å²) in [5.41, 5.74) is 1.64. The molecular formula is C13H18FNO2. The third kappa shape index (κ3) is 2.36. The van der Waals surface area contributed by atoms with E-state index in [-0.39, 0.29) is 0 Å². The van der Waals surface area contributed by atoms with E-state index in [4.69, 9.17) is 9.47 Å². The van der Waals surface area contributed by atoms with Gasteiger partial charge < -0.3 is 14.8 Å². The largest absolute Gasteiger partial charge is 0.496 e. The quantitative estimate of drug-likeness (QED) is 0.874. The van der Waals surface area contributed by atoms with Crippen molar-refractivity contribution in [2.24, 2.45) is 0 Å². The highest BCUT2D eigenvalue weighted by Gasteiger charge is 2.22. The summed E-state index contributed by atoms with van der Waals surface area (Å²) in [4.78, 5) is 0. The second-order valence-corrected chi connectivity index (χ2v) is 4.23. The van der Waals surface area contributed by atoms with E-state index < -0.39 is 6.67 Å². The summed E-state index contributed by atoms with van der Waals surface area (Å²) in [5, 5.41) is 3.32. The van der Waals surface area contributed by atoms with E-state index in [2.05, 4.69) is 5.32 Å². The number of halogens is 1. The Labute approximate surface area is 101 Å². The zero-order valence-corrected chi connectivity index (χ0v) is 10.3. The molecule has 1 aliphatic heterocycles. The highest BCUT2D eigenvalue weighted by atomic mass is 19.1. The standard InChI is InChI=1S/C13H18FNO2/c1-16-12-6-11(9-3-4-15-8-9)13(17-2)5-10(12)7-14/h5-6,9,15H,3-4,7-8H2,1-2H3. The molecule has 3 nitrogen and oxygen atoms in total. The first kappa shape index (κ1) is 12.2. The van der Waals surface area contributed by atoms with Crippen molar-refractivity contribution in [2.75, 3.05) is 27.3 Å². The number of benzene rings is 1. The maximum absolute atomic E-state index is 12.9. The molecule has 1 aliphatic rings. The Morgan fingerprint density at radius 2 is 2.06 bits per heavy atom. The number of alkyl halides is 1. The number of ether oxygens (including phenoxy) is 2. The Morgan fingerprint density at radius 3 is 2.59 bits per heavy atom. The van der Waals surface area contributed by atoms with Gasteiger partial charge in [0.05, 0.1) is 14.2 Å². The second kappa shape index (κ2) is 5.36. The van der Waals surface area contributed by atoms with Crippen LogP contribution in [0.4, 0.5) is 4.39 Å². The molecule has 1 heterocycles. The summed E-state index contributed by atoms with van der Waals surface area (Å²) in [6, 6.07) is 3.65. The van der Waals surface area contributed by atoms with Crippen LogP contribution in [-0.4, -0.2) is 27.3 Å². The van der Waals surface area contributed by atoms with Crippen LogP contribution in [0.25, 0.3) is 0 Å². The molecular weight excluding hydrogens is 221 g/mol. The number of hydrogen-bond acceptors (Lipinski definition) is 3. The Bertz CT molecular complexity index is 389. The molecule has 1 unspecified atom stereocenters. The Balaban J connectivity index is 2.41. The van der Waals surface area contributed by atoms with Gasteiger partial charge in [0, 0.05) is 23.6 Å². The zero-order valence-electron chi connectivity index (χ0n) is 10.3. The fourth-order valence-electron chi connectivity index (χ4n) is 2.33. The van der Waals surface area contributed by atoms with E-state index in [0.717, 1.165) is 30.8 Å². The molecule has 17 heavy (non-hydrogen) atoms. The lowest BCUT2D eigenvalue weighted by molar-refractivity contribution is 0.380. The van der Waals surface area contributed by atoms with E-state index in [1.165, 1.54) is 0 Å². The minimum Gasteiger partial charge on any atom is -0.496 e. The fourth-order valence-corrected chi connectivity index (χ4v) is 2.33. The van der Waals surface area contributed by atoms with Gasteiger partial charge in [-0.2, -0.15) is 0 Å². The lowest BCUT2D eigenvalue weighted by atomic mass is 9.95. The molecule has 1 aromatic carbocycles. The van der Waals surface area contributed by atoms with Gasteiger partial charge in [0.1, 0.15) is 18.2 Å². The topological polar surface area (TPSA) is 30.5 Å². The van der Waals surface area contributed by atoms with Crippen LogP contribution in [0.1, 0.15) is 23.5 Å². The molecule has 1 fully saturated rings. The minimum atomic E-state index is -0.539. The van der Waals surface area contributed by atoms with Gasteiger partial charge in [-0.25, -0.2) is 4.39 Å². The van der Waals surface area contributed by atoms with Crippen molar-refractivity contribution in [3.05, 3.63) is 23.3 Å². The smallest absolute Gasteiger partial charge is 0.125 e. The number of rotatable bonds is 4. The van der Waals surface area contributed by atoms with Crippen molar-refractivity contribution < 1.29 is 13.9 Å². The average Bonchev–Trinajstić information content (AvgIpc) is 2.90. The van der Waals surface area contributed by atoms with E-state index >= 15 is 0 Å². The number of nitrogens with one attached hydrogen (secondary N) is 1. The Morgan fingerprint density at radius 1 is 1.29 bits per heavy atom. The van der Waals surface area contributed by atoms with Crippen LogP contribution in [0.3, 0.4) is 0 Å². The van der Waals surface area contributed by atoms with Gasteiger partial charge in [-0.1, -0.05) is 0 Å². The van der Waals surface area contributed by atoms with Gasteiger partial charge in [0.15, 0.2) is 0 Å². The molecule has 0 aromatic heterocycles. The summed E-state index contributed by atoms with van der Waals surface area (Å²) < 4.78 is 23.4. The Hall–Kier alpha value is -1.29. The van der Waals surface area contributed by atoms with Crippen LogP contribution < -0.4 is 14.8 Å². The summed E-state index contributed by atoms with van der Waals surface area (Å²) >= 11 is 0. The van der Waals surface area contributed by atoms with Gasteiger partial charge in [0.25, 0.3) is 0 Å². The van der Waals surface area contributed by atoms with Crippen molar-refractivity contribution in [3.8, 4) is 11.5 Å². The first-order chi connectivity index (χ1) is 8.30. The first-order valence-corrected chi connectivity index (χ1v) is 5.81. The summed E-state index contributed by atoms with van der Waals surface area (Å²) in [7, 11) is 3.19. The van der Waals surface area contributed by atoms with E-state index in [1.807, 2.05) is 6.07 Å². The van der Waals surface area contributed by atoms with Crippen molar-refractivity contribution >= 4 is 0 Å². The molecule has 0 bridgehead atoms. The van der Waals surface area contributed by atoms with Crippen molar-refractivity contribution in [1.82, 2.24) is 5.32 Å². The maximum Gasteiger partial charge on any atom is 0.125 e. The molecule has 94 valence electrons. The van der Waals surface area contributed by atoms with E-state index in [9.17, 15) is 4.39 Å². The van der Waals surface area contributed by atoms with Gasteiger partial charge in [-0.05, 0) is 25.1 Å². The molecule has 0 radical (unpaired) electrons. The third-order valence-corrected chi connectivity index (χ3v) is 3.28. The monoisotopic (exact) mass is 239 g/mol. The molecule has 2 rings (SSSR count). The lowest BCUT2D eigenvalue weighted by Gasteiger charge is -2.17. The molecule has 0 amide bonds. The SMILES string of the molecule is COc1cc(C2CCNC2)c(OC)cc1CF. The highest BCUT2D eigenvalue weighted by Crippen LogP contribution is 2.36. The summed E-state index contributed by atoms with van der Waals surface area (Å²) in [6.45, 7) is 1.41. The number of hydrogen-bond donors (Lipinski definition) is 1. The van der Waals surface area contributed by atoms with E-state index in [0.29, 0.717) is 17.2 Å². The maximum atomic E-state index is 12.9. The average molecular weight is 239 g/mol. The molecule has 0 aliphatic carbocycles. The van der Waals surface area contributed by atoms with Crippen LogP contribution >= 0.6 is 0 Å². The van der Waals surface area contributed by atoms with Gasteiger partial charge in [0.2, 0.25) is 0 Å². The molecule has 0 spiro atoms. The van der Waals surface area contributed by atoms with Crippen LogP contribution in [0.5, 0.6) is 11.5 Å². The minimum absolute atomic E-state index is 0.424. The van der Waals surface area contributed by atoms with Crippen molar-refractivity contribution in [1.29, 1.82) is 0 Å².